The van der Waals surface area contributed by atoms with Gasteiger partial charge in [0.15, 0.2) is 0 Å². The molecule has 1 rings (SSSR count). The second-order valence-corrected chi connectivity index (χ2v) is 6.21. The molecule has 1 unspecified atom stereocenters. The van der Waals surface area contributed by atoms with Crippen LogP contribution in [-0.4, -0.2) is 32.0 Å². The van der Waals surface area contributed by atoms with Crippen molar-refractivity contribution in [1.82, 2.24) is 5.32 Å². The van der Waals surface area contributed by atoms with E-state index in [-0.39, 0.29) is 18.6 Å². The van der Waals surface area contributed by atoms with Gasteiger partial charge >= 0.3 is 6.18 Å². The third-order valence-corrected chi connectivity index (χ3v) is 3.67. The van der Waals surface area contributed by atoms with Gasteiger partial charge in [-0.25, -0.2) is 0 Å². The molecular weight excluding hydrogens is 347 g/mol. The first kappa shape index (κ1) is 18.5. The highest BCUT2D eigenvalue weighted by Crippen LogP contribution is 2.20. The average molecular weight is 368 g/mol. The predicted molar refractivity (Wildman–Crippen MR) is 81.3 cm³/mol. The van der Waals surface area contributed by atoms with Gasteiger partial charge in [-0.1, -0.05) is 48.0 Å². The lowest BCUT2D eigenvalue weighted by Gasteiger charge is -2.20. The van der Waals surface area contributed by atoms with Gasteiger partial charge in [0.1, 0.15) is 6.61 Å². The van der Waals surface area contributed by atoms with Crippen LogP contribution in [0.1, 0.15) is 19.4 Å². The Morgan fingerprint density at radius 1 is 1.24 bits per heavy atom. The number of nitrogens with one attached hydrogen (secondary N) is 1. The van der Waals surface area contributed by atoms with E-state index in [1.54, 1.807) is 0 Å². The molecule has 0 spiro atoms. The lowest BCUT2D eigenvalue weighted by Crippen LogP contribution is -2.33. The van der Waals surface area contributed by atoms with Crippen molar-refractivity contribution < 1.29 is 17.9 Å². The second kappa shape index (κ2) is 8.76. The van der Waals surface area contributed by atoms with E-state index in [0.29, 0.717) is 13.0 Å². The minimum Gasteiger partial charge on any atom is -0.372 e. The fourth-order valence-electron chi connectivity index (χ4n) is 1.91. The molecule has 0 heterocycles. The highest BCUT2D eigenvalue weighted by atomic mass is 79.9. The third-order valence-electron chi connectivity index (χ3n) is 2.90. The van der Waals surface area contributed by atoms with Crippen LogP contribution in [-0.2, 0) is 11.2 Å². The van der Waals surface area contributed by atoms with Crippen molar-refractivity contribution in [1.29, 1.82) is 0 Å². The van der Waals surface area contributed by atoms with Crippen LogP contribution in [0.2, 0.25) is 0 Å². The largest absolute Gasteiger partial charge is 0.411 e. The normalized spacial score (nSPS) is 13.7. The molecule has 1 aromatic rings. The van der Waals surface area contributed by atoms with Crippen molar-refractivity contribution in [3.05, 3.63) is 34.3 Å². The summed E-state index contributed by atoms with van der Waals surface area (Å²) < 4.78 is 42.3. The Morgan fingerprint density at radius 3 is 2.48 bits per heavy atom. The van der Waals surface area contributed by atoms with Crippen molar-refractivity contribution >= 4 is 15.9 Å². The average Bonchev–Trinajstić information content (AvgIpc) is 2.36. The van der Waals surface area contributed by atoms with Gasteiger partial charge in [-0.3, -0.25) is 0 Å². The van der Waals surface area contributed by atoms with Crippen LogP contribution < -0.4 is 5.32 Å². The molecular formula is C15H21BrF3NO. The van der Waals surface area contributed by atoms with Gasteiger partial charge in [0.05, 0.1) is 6.61 Å². The molecule has 0 aromatic heterocycles. The Bertz CT molecular complexity index is 424. The molecule has 21 heavy (non-hydrogen) atoms. The van der Waals surface area contributed by atoms with E-state index in [2.05, 4.69) is 21.2 Å². The van der Waals surface area contributed by atoms with Gasteiger partial charge in [0.25, 0.3) is 0 Å². The van der Waals surface area contributed by atoms with Crippen LogP contribution in [0.3, 0.4) is 0 Å². The molecule has 0 radical (unpaired) electrons. The van der Waals surface area contributed by atoms with E-state index in [1.165, 1.54) is 0 Å². The summed E-state index contributed by atoms with van der Waals surface area (Å²) in [4.78, 5) is 0. The van der Waals surface area contributed by atoms with Gasteiger partial charge in [0.2, 0.25) is 0 Å². The maximum Gasteiger partial charge on any atom is 0.411 e. The molecule has 1 aromatic carbocycles. The zero-order valence-electron chi connectivity index (χ0n) is 12.2. The van der Waals surface area contributed by atoms with E-state index < -0.39 is 12.8 Å². The Kier molecular flexibility index (Phi) is 7.70. The molecule has 1 N–H and O–H groups in total. The van der Waals surface area contributed by atoms with Crippen molar-refractivity contribution in [2.45, 2.75) is 32.5 Å². The fourth-order valence-corrected chi connectivity index (χ4v) is 2.36. The van der Waals surface area contributed by atoms with E-state index in [4.69, 9.17) is 4.74 Å². The zero-order valence-corrected chi connectivity index (χ0v) is 13.8. The molecule has 0 amide bonds. The van der Waals surface area contributed by atoms with E-state index in [1.807, 2.05) is 38.1 Å². The van der Waals surface area contributed by atoms with Crippen LogP contribution in [0.25, 0.3) is 0 Å². The number of rotatable bonds is 8. The molecule has 0 aliphatic rings. The highest BCUT2D eigenvalue weighted by Gasteiger charge is 2.28. The first-order chi connectivity index (χ1) is 9.78. The minimum absolute atomic E-state index is 0.00606. The fraction of sp³-hybridized carbons (Fsp3) is 0.600. The molecule has 0 bridgehead atoms. The molecule has 0 saturated heterocycles. The van der Waals surface area contributed by atoms with Gasteiger partial charge < -0.3 is 10.1 Å². The monoisotopic (exact) mass is 367 g/mol. The van der Waals surface area contributed by atoms with Crippen molar-refractivity contribution in [3.63, 3.8) is 0 Å². The number of ether oxygens (including phenoxy) is 1. The molecule has 2 nitrogen and oxygen atoms in total. The van der Waals surface area contributed by atoms with Crippen molar-refractivity contribution in [3.8, 4) is 0 Å². The molecule has 1 atom stereocenters. The summed E-state index contributed by atoms with van der Waals surface area (Å²) in [6.07, 6.45) is -3.61. The molecule has 120 valence electrons. The Balaban J connectivity index is 2.57. The summed E-state index contributed by atoms with van der Waals surface area (Å²) in [6.45, 7) is 3.52. The number of benzene rings is 1. The van der Waals surface area contributed by atoms with Crippen molar-refractivity contribution in [2.24, 2.45) is 5.92 Å². The van der Waals surface area contributed by atoms with Crippen LogP contribution >= 0.6 is 15.9 Å². The maximum atomic E-state index is 12.2. The van der Waals surface area contributed by atoms with E-state index in [0.717, 1.165) is 10.0 Å². The first-order valence-electron chi connectivity index (χ1n) is 6.89. The van der Waals surface area contributed by atoms with E-state index in [9.17, 15) is 13.2 Å². The Labute approximate surface area is 132 Å². The maximum absolute atomic E-state index is 12.2. The lowest BCUT2D eigenvalue weighted by molar-refractivity contribution is -0.176. The Morgan fingerprint density at radius 2 is 1.90 bits per heavy atom. The van der Waals surface area contributed by atoms with E-state index >= 15 is 0 Å². The number of hydrogen-bond donors (Lipinski definition) is 1. The van der Waals surface area contributed by atoms with Crippen LogP contribution in [0.15, 0.2) is 28.7 Å². The minimum atomic E-state index is -4.27. The molecule has 0 aliphatic heterocycles. The standard InChI is InChI=1S/C15H21BrF3NO/c1-11(2)20-8-12(9-21-10-15(17,18)19)7-13-5-3-4-6-14(13)16/h3-6,11-12,20H,7-10H2,1-2H3. The molecule has 0 aliphatic carbocycles. The van der Waals surface area contributed by atoms with Gasteiger partial charge in [-0.2, -0.15) is 13.2 Å². The summed E-state index contributed by atoms with van der Waals surface area (Å²) in [6, 6.07) is 8.02. The second-order valence-electron chi connectivity index (χ2n) is 5.35. The quantitative estimate of drug-likeness (QED) is 0.743. The van der Waals surface area contributed by atoms with Crippen LogP contribution in [0, 0.1) is 5.92 Å². The van der Waals surface area contributed by atoms with Crippen LogP contribution in [0.5, 0.6) is 0 Å². The van der Waals surface area contributed by atoms with Crippen LogP contribution in [0.4, 0.5) is 13.2 Å². The zero-order chi connectivity index (χ0) is 15.9. The molecule has 0 saturated carbocycles. The first-order valence-corrected chi connectivity index (χ1v) is 7.68. The van der Waals surface area contributed by atoms with Crippen molar-refractivity contribution in [2.75, 3.05) is 19.8 Å². The van der Waals surface area contributed by atoms with Gasteiger partial charge in [-0.15, -0.1) is 0 Å². The summed E-state index contributed by atoms with van der Waals surface area (Å²) >= 11 is 3.46. The Hall–Kier alpha value is -0.590. The summed E-state index contributed by atoms with van der Waals surface area (Å²) in [5.74, 6) is -0.00606. The summed E-state index contributed by atoms with van der Waals surface area (Å²) in [5, 5.41) is 3.26. The highest BCUT2D eigenvalue weighted by molar-refractivity contribution is 9.10. The summed E-state index contributed by atoms with van der Waals surface area (Å²) in [7, 11) is 0. The van der Waals surface area contributed by atoms with Gasteiger partial charge in [0, 0.05) is 17.1 Å². The van der Waals surface area contributed by atoms with Gasteiger partial charge in [-0.05, 0) is 24.0 Å². The summed E-state index contributed by atoms with van der Waals surface area (Å²) in [5.41, 5.74) is 1.07. The molecule has 0 fully saturated rings. The topological polar surface area (TPSA) is 21.3 Å². The SMILES string of the molecule is CC(C)NCC(COCC(F)(F)F)Cc1ccccc1Br. The number of hydrogen-bond acceptors (Lipinski definition) is 2. The number of halogens is 4. The molecule has 6 heteroatoms. The predicted octanol–water partition coefficient (Wildman–Crippen LogP) is 4.18. The lowest BCUT2D eigenvalue weighted by atomic mass is 10.00. The smallest absolute Gasteiger partial charge is 0.372 e. The third kappa shape index (κ3) is 8.44. The number of alkyl halides is 3.